The largest absolute Gasteiger partial charge is 0.496 e. The van der Waals surface area contributed by atoms with Crippen molar-refractivity contribution in [2.45, 2.75) is 39.3 Å². The van der Waals surface area contributed by atoms with Crippen LogP contribution in [0.15, 0.2) is 48.5 Å². The van der Waals surface area contributed by atoms with Crippen LogP contribution in [0.4, 0.5) is 5.95 Å². The minimum atomic E-state index is 0.686. The number of aryl methyl sites for hydroxylation is 1. The predicted molar refractivity (Wildman–Crippen MR) is 126 cm³/mol. The maximum atomic E-state index is 6.35. The number of aromatic nitrogens is 2. The molecule has 0 spiro atoms. The van der Waals surface area contributed by atoms with Crippen LogP contribution in [-0.2, 0) is 19.5 Å². The zero-order chi connectivity index (χ0) is 21.9. The van der Waals surface area contributed by atoms with Crippen molar-refractivity contribution in [3.05, 3.63) is 70.9 Å². The molecular weight excluding hydrogens is 400 g/mol. The minimum absolute atomic E-state index is 0.686. The summed E-state index contributed by atoms with van der Waals surface area (Å²) in [6.45, 7) is 6.64. The van der Waals surface area contributed by atoms with Gasteiger partial charge in [0.1, 0.15) is 11.5 Å². The predicted octanol–water partition coefficient (Wildman–Crippen LogP) is 4.74. The second-order valence-electron chi connectivity index (χ2n) is 8.64. The van der Waals surface area contributed by atoms with Crippen LogP contribution in [0.3, 0.4) is 0 Å². The van der Waals surface area contributed by atoms with Crippen molar-refractivity contribution in [2.24, 2.45) is 0 Å². The van der Waals surface area contributed by atoms with E-state index in [1.54, 1.807) is 7.11 Å². The summed E-state index contributed by atoms with van der Waals surface area (Å²) in [5, 5.41) is 0. The zero-order valence-electron chi connectivity index (χ0n) is 18.9. The summed E-state index contributed by atoms with van der Waals surface area (Å²) in [6, 6.07) is 16.4. The van der Waals surface area contributed by atoms with Crippen molar-refractivity contribution >= 4 is 5.95 Å². The lowest BCUT2D eigenvalue weighted by Gasteiger charge is -2.30. The van der Waals surface area contributed by atoms with Gasteiger partial charge in [0, 0.05) is 44.7 Å². The summed E-state index contributed by atoms with van der Waals surface area (Å²) >= 11 is 0. The molecule has 3 aromatic rings. The Labute approximate surface area is 189 Å². The third-order valence-electron chi connectivity index (χ3n) is 6.30. The Bertz CT molecular complexity index is 1080. The number of benzene rings is 2. The first kappa shape index (κ1) is 20.8. The van der Waals surface area contributed by atoms with E-state index in [0.717, 1.165) is 67.8 Å². The molecular formula is C26H30N4O2. The van der Waals surface area contributed by atoms with Crippen molar-refractivity contribution < 1.29 is 9.47 Å². The number of methoxy groups -OCH3 is 1. The first-order valence-electron chi connectivity index (χ1n) is 11.4. The molecule has 0 saturated carbocycles. The summed E-state index contributed by atoms with van der Waals surface area (Å²) in [7, 11) is 1.73. The summed E-state index contributed by atoms with van der Waals surface area (Å²) in [6.07, 6.45) is 3.28. The van der Waals surface area contributed by atoms with Gasteiger partial charge in [-0.05, 0) is 38.0 Å². The molecule has 2 aromatic carbocycles. The van der Waals surface area contributed by atoms with Crippen LogP contribution < -0.4 is 14.4 Å². The highest BCUT2D eigenvalue weighted by Crippen LogP contribution is 2.33. The van der Waals surface area contributed by atoms with E-state index < -0.39 is 0 Å². The van der Waals surface area contributed by atoms with Gasteiger partial charge < -0.3 is 14.4 Å². The topological polar surface area (TPSA) is 50.7 Å². The van der Waals surface area contributed by atoms with E-state index in [9.17, 15) is 0 Å². The smallest absolute Gasteiger partial charge is 0.228 e. The Kier molecular flexibility index (Phi) is 5.95. The third kappa shape index (κ3) is 4.41. The van der Waals surface area contributed by atoms with E-state index in [0.29, 0.717) is 5.88 Å². The van der Waals surface area contributed by atoms with Gasteiger partial charge >= 0.3 is 0 Å². The molecule has 2 aliphatic heterocycles. The van der Waals surface area contributed by atoms with Crippen molar-refractivity contribution in [3.8, 4) is 17.4 Å². The second-order valence-corrected chi connectivity index (χ2v) is 8.64. The van der Waals surface area contributed by atoms with Gasteiger partial charge in [-0.25, -0.2) is 4.98 Å². The maximum Gasteiger partial charge on any atom is 0.228 e. The molecule has 0 radical (unpaired) electrons. The molecule has 3 heterocycles. The molecule has 1 aromatic heterocycles. The van der Waals surface area contributed by atoms with E-state index in [1.807, 2.05) is 24.3 Å². The average Bonchev–Trinajstić information content (AvgIpc) is 3.36. The number of para-hydroxylation sites is 1. The summed E-state index contributed by atoms with van der Waals surface area (Å²) in [5.74, 6) is 3.23. The third-order valence-corrected chi connectivity index (χ3v) is 6.30. The minimum Gasteiger partial charge on any atom is -0.496 e. The van der Waals surface area contributed by atoms with Gasteiger partial charge in [-0.3, -0.25) is 4.90 Å². The second kappa shape index (κ2) is 9.17. The normalized spacial score (nSPS) is 16.1. The van der Waals surface area contributed by atoms with Gasteiger partial charge in [0.05, 0.1) is 18.4 Å². The van der Waals surface area contributed by atoms with Crippen molar-refractivity contribution in [1.29, 1.82) is 0 Å². The Morgan fingerprint density at radius 2 is 1.72 bits per heavy atom. The molecule has 5 rings (SSSR count). The lowest BCUT2D eigenvalue weighted by atomic mass is 10.1. The number of nitrogens with zero attached hydrogens (tertiary/aromatic N) is 4. The van der Waals surface area contributed by atoms with Gasteiger partial charge in [-0.1, -0.05) is 35.9 Å². The molecule has 0 amide bonds. The molecule has 0 atom stereocenters. The van der Waals surface area contributed by atoms with Crippen LogP contribution in [0.1, 0.15) is 35.2 Å². The highest BCUT2D eigenvalue weighted by atomic mass is 16.5. The Morgan fingerprint density at radius 3 is 2.50 bits per heavy atom. The molecule has 0 N–H and O–H groups in total. The van der Waals surface area contributed by atoms with Crippen LogP contribution in [-0.4, -0.2) is 41.6 Å². The molecule has 1 fully saturated rings. The van der Waals surface area contributed by atoms with Crippen LogP contribution in [0.2, 0.25) is 0 Å². The Morgan fingerprint density at radius 1 is 0.938 bits per heavy atom. The Balaban J connectivity index is 1.45. The fourth-order valence-corrected chi connectivity index (χ4v) is 4.50. The molecule has 6 nitrogen and oxygen atoms in total. The van der Waals surface area contributed by atoms with Crippen molar-refractivity contribution in [1.82, 2.24) is 14.9 Å². The first-order valence-corrected chi connectivity index (χ1v) is 11.4. The lowest BCUT2D eigenvalue weighted by Crippen LogP contribution is -2.32. The lowest BCUT2D eigenvalue weighted by molar-refractivity contribution is 0.235. The first-order chi connectivity index (χ1) is 15.7. The number of hydrogen-bond acceptors (Lipinski definition) is 6. The number of hydrogen-bond donors (Lipinski definition) is 0. The number of anilines is 1. The highest BCUT2D eigenvalue weighted by Gasteiger charge is 2.26. The average molecular weight is 431 g/mol. The molecule has 6 heteroatoms. The summed E-state index contributed by atoms with van der Waals surface area (Å²) in [5.41, 5.74) is 4.60. The van der Waals surface area contributed by atoms with E-state index in [-0.39, 0.29) is 0 Å². The fourth-order valence-electron chi connectivity index (χ4n) is 4.50. The van der Waals surface area contributed by atoms with Crippen molar-refractivity contribution in [3.63, 3.8) is 0 Å². The van der Waals surface area contributed by atoms with Gasteiger partial charge in [0.2, 0.25) is 11.8 Å². The maximum absolute atomic E-state index is 6.35. The van der Waals surface area contributed by atoms with Gasteiger partial charge in [0.25, 0.3) is 0 Å². The van der Waals surface area contributed by atoms with Crippen LogP contribution in [0.5, 0.6) is 17.4 Å². The molecule has 32 heavy (non-hydrogen) atoms. The van der Waals surface area contributed by atoms with Crippen molar-refractivity contribution in [2.75, 3.05) is 31.6 Å². The molecule has 0 aliphatic carbocycles. The number of rotatable bonds is 6. The number of ether oxygens (including phenoxy) is 2. The zero-order valence-corrected chi connectivity index (χ0v) is 18.9. The summed E-state index contributed by atoms with van der Waals surface area (Å²) in [4.78, 5) is 14.6. The van der Waals surface area contributed by atoms with E-state index >= 15 is 0 Å². The molecule has 2 aliphatic rings. The number of fused-ring (bicyclic) bond motifs is 1. The quantitative estimate of drug-likeness (QED) is 0.563. The van der Waals surface area contributed by atoms with Crippen LogP contribution in [0.25, 0.3) is 0 Å². The standard InChI is InChI=1S/C26H30N4O2/c1-19-9-11-21(12-10-19)32-25-22-18-29(17-20-7-3-4-8-24(20)31-2)16-13-23(22)27-26(28-25)30-14-5-6-15-30/h3-4,7-12H,5-6,13-18H2,1-2H3. The van der Waals surface area contributed by atoms with E-state index in [2.05, 4.69) is 41.0 Å². The molecule has 1 saturated heterocycles. The SMILES string of the molecule is COc1ccccc1CN1CCc2nc(N3CCCC3)nc(Oc3ccc(C)cc3)c2C1. The van der Waals surface area contributed by atoms with Crippen LogP contribution >= 0.6 is 0 Å². The van der Waals surface area contributed by atoms with Gasteiger partial charge in [-0.15, -0.1) is 0 Å². The summed E-state index contributed by atoms with van der Waals surface area (Å²) < 4.78 is 11.9. The fraction of sp³-hybridized carbons (Fsp3) is 0.385. The van der Waals surface area contributed by atoms with Crippen LogP contribution in [0, 0.1) is 6.92 Å². The Hall–Kier alpha value is -3.12. The van der Waals surface area contributed by atoms with Gasteiger partial charge in [0.15, 0.2) is 0 Å². The van der Waals surface area contributed by atoms with E-state index in [1.165, 1.54) is 24.0 Å². The van der Waals surface area contributed by atoms with Gasteiger partial charge in [-0.2, -0.15) is 4.98 Å². The monoisotopic (exact) mass is 430 g/mol. The molecule has 0 bridgehead atoms. The molecule has 166 valence electrons. The van der Waals surface area contributed by atoms with E-state index in [4.69, 9.17) is 19.4 Å². The highest BCUT2D eigenvalue weighted by molar-refractivity contribution is 5.44. The molecule has 0 unspecified atom stereocenters.